The number of nitrogen functional groups attached to an aromatic ring is 1. The number of nitrogens with two attached hydrogens (primary N) is 1. The van der Waals surface area contributed by atoms with Crippen LogP contribution in [0.2, 0.25) is 0 Å². The van der Waals surface area contributed by atoms with E-state index >= 15 is 0 Å². The summed E-state index contributed by atoms with van der Waals surface area (Å²) in [5.74, 6) is 1.32. The van der Waals surface area contributed by atoms with E-state index in [9.17, 15) is 0 Å². The summed E-state index contributed by atoms with van der Waals surface area (Å²) in [5, 5.41) is 11.9. The highest BCUT2D eigenvalue weighted by atomic mass is 32.2. The summed E-state index contributed by atoms with van der Waals surface area (Å²) >= 11 is 1.62. The van der Waals surface area contributed by atoms with Gasteiger partial charge in [0, 0.05) is 25.9 Å². The van der Waals surface area contributed by atoms with Crippen LogP contribution in [0.3, 0.4) is 0 Å². The van der Waals surface area contributed by atoms with E-state index in [1.807, 2.05) is 7.05 Å². The average Bonchev–Trinajstić information content (AvgIpc) is 2.59. The van der Waals surface area contributed by atoms with E-state index in [2.05, 4.69) is 15.5 Å². The van der Waals surface area contributed by atoms with Gasteiger partial charge in [0.1, 0.15) is 0 Å². The standard InChI is InChI=1S/C8H15N5OS/c1-13-7(9)11-12-8(13)15-5-6-4-10-2-3-14-6/h6,10H,2-5H2,1H3,(H2,9,11). The van der Waals surface area contributed by atoms with E-state index < -0.39 is 0 Å². The lowest BCUT2D eigenvalue weighted by atomic mass is 10.3. The molecule has 0 aliphatic carbocycles. The van der Waals surface area contributed by atoms with Gasteiger partial charge in [0.05, 0.1) is 12.7 Å². The van der Waals surface area contributed by atoms with Crippen molar-refractivity contribution in [3.63, 3.8) is 0 Å². The van der Waals surface area contributed by atoms with E-state index in [0.29, 0.717) is 5.95 Å². The predicted molar refractivity (Wildman–Crippen MR) is 58.7 cm³/mol. The Bertz CT molecular complexity index is 323. The summed E-state index contributed by atoms with van der Waals surface area (Å²) < 4.78 is 7.35. The molecule has 0 amide bonds. The number of rotatable bonds is 3. The molecular weight excluding hydrogens is 214 g/mol. The number of hydrogen-bond acceptors (Lipinski definition) is 6. The highest BCUT2D eigenvalue weighted by Gasteiger charge is 2.15. The third-order valence-corrected chi connectivity index (χ3v) is 3.42. The fourth-order valence-electron chi connectivity index (χ4n) is 1.35. The van der Waals surface area contributed by atoms with Gasteiger partial charge in [-0.1, -0.05) is 11.8 Å². The molecule has 0 spiro atoms. The molecule has 1 aliphatic heterocycles. The van der Waals surface area contributed by atoms with Gasteiger partial charge in [-0.25, -0.2) is 0 Å². The molecule has 0 aromatic carbocycles. The smallest absolute Gasteiger partial charge is 0.222 e. The van der Waals surface area contributed by atoms with Crippen LogP contribution in [-0.4, -0.2) is 46.3 Å². The predicted octanol–water partition coefficient (Wildman–Crippen LogP) is -0.522. The fraction of sp³-hybridized carbons (Fsp3) is 0.750. The van der Waals surface area contributed by atoms with Crippen LogP contribution in [0.4, 0.5) is 5.95 Å². The number of nitrogens with one attached hydrogen (secondary N) is 1. The molecule has 1 atom stereocenters. The van der Waals surface area contributed by atoms with Crippen molar-refractivity contribution < 1.29 is 4.74 Å². The molecule has 1 aromatic rings. The van der Waals surface area contributed by atoms with Gasteiger partial charge in [0.15, 0.2) is 5.16 Å². The topological polar surface area (TPSA) is 78.0 Å². The number of anilines is 1. The highest BCUT2D eigenvalue weighted by molar-refractivity contribution is 7.99. The van der Waals surface area contributed by atoms with Gasteiger partial charge in [-0.05, 0) is 0 Å². The molecule has 0 radical (unpaired) electrons. The minimum Gasteiger partial charge on any atom is -0.375 e. The zero-order valence-electron chi connectivity index (χ0n) is 8.64. The lowest BCUT2D eigenvalue weighted by Crippen LogP contribution is -2.39. The van der Waals surface area contributed by atoms with Crippen molar-refractivity contribution >= 4 is 17.7 Å². The lowest BCUT2D eigenvalue weighted by Gasteiger charge is -2.22. The van der Waals surface area contributed by atoms with Crippen molar-refractivity contribution in [3.8, 4) is 0 Å². The van der Waals surface area contributed by atoms with Crippen molar-refractivity contribution in [1.29, 1.82) is 0 Å². The molecule has 0 saturated carbocycles. The number of thioether (sulfide) groups is 1. The maximum atomic E-state index is 5.58. The molecule has 15 heavy (non-hydrogen) atoms. The Kier molecular flexibility index (Phi) is 3.45. The number of ether oxygens (including phenoxy) is 1. The molecule has 6 nitrogen and oxygen atoms in total. The summed E-state index contributed by atoms with van der Waals surface area (Å²) in [4.78, 5) is 0. The Labute approximate surface area is 92.6 Å². The maximum Gasteiger partial charge on any atom is 0.222 e. The average molecular weight is 229 g/mol. The minimum absolute atomic E-state index is 0.252. The number of hydrogen-bond donors (Lipinski definition) is 2. The lowest BCUT2D eigenvalue weighted by molar-refractivity contribution is 0.0440. The van der Waals surface area contributed by atoms with Crippen molar-refractivity contribution in [2.24, 2.45) is 7.05 Å². The second-order valence-electron chi connectivity index (χ2n) is 3.41. The zero-order chi connectivity index (χ0) is 10.7. The van der Waals surface area contributed by atoms with Crippen LogP contribution in [0.1, 0.15) is 0 Å². The first kappa shape index (κ1) is 10.7. The molecule has 1 saturated heterocycles. The van der Waals surface area contributed by atoms with Gasteiger partial charge in [0.2, 0.25) is 5.95 Å². The number of morpholine rings is 1. The van der Waals surface area contributed by atoms with Gasteiger partial charge in [-0.15, -0.1) is 10.2 Å². The van der Waals surface area contributed by atoms with Crippen LogP contribution in [0.25, 0.3) is 0 Å². The first-order chi connectivity index (χ1) is 7.27. The highest BCUT2D eigenvalue weighted by Crippen LogP contribution is 2.18. The minimum atomic E-state index is 0.252. The molecule has 0 bridgehead atoms. The zero-order valence-corrected chi connectivity index (χ0v) is 9.46. The van der Waals surface area contributed by atoms with Gasteiger partial charge < -0.3 is 15.8 Å². The second-order valence-corrected chi connectivity index (χ2v) is 4.39. The molecular formula is C8H15N5OS. The second kappa shape index (κ2) is 4.82. The van der Waals surface area contributed by atoms with Gasteiger partial charge in [-0.3, -0.25) is 4.57 Å². The first-order valence-corrected chi connectivity index (χ1v) is 5.86. The monoisotopic (exact) mass is 229 g/mol. The van der Waals surface area contributed by atoms with E-state index in [-0.39, 0.29) is 6.10 Å². The van der Waals surface area contributed by atoms with E-state index in [1.54, 1.807) is 16.3 Å². The molecule has 1 aromatic heterocycles. The molecule has 3 N–H and O–H groups in total. The van der Waals surface area contributed by atoms with Crippen molar-refractivity contribution in [1.82, 2.24) is 20.1 Å². The summed E-state index contributed by atoms with van der Waals surface area (Å²) in [6.45, 7) is 2.63. The Morgan fingerprint density at radius 2 is 2.53 bits per heavy atom. The summed E-state index contributed by atoms with van der Waals surface area (Å²) in [6, 6.07) is 0. The first-order valence-electron chi connectivity index (χ1n) is 4.87. The quantitative estimate of drug-likeness (QED) is 0.679. The van der Waals surface area contributed by atoms with Crippen molar-refractivity contribution in [2.75, 3.05) is 31.2 Å². The van der Waals surface area contributed by atoms with Gasteiger partial charge >= 0.3 is 0 Å². The van der Waals surface area contributed by atoms with E-state index in [4.69, 9.17) is 10.5 Å². The summed E-state index contributed by atoms with van der Waals surface area (Å²) in [5.41, 5.74) is 5.58. The van der Waals surface area contributed by atoms with E-state index in [0.717, 1.165) is 30.6 Å². The van der Waals surface area contributed by atoms with Crippen LogP contribution in [0.15, 0.2) is 5.16 Å². The van der Waals surface area contributed by atoms with Crippen molar-refractivity contribution in [2.45, 2.75) is 11.3 Å². The summed E-state index contributed by atoms with van der Waals surface area (Å²) in [7, 11) is 1.86. The Morgan fingerprint density at radius 3 is 3.13 bits per heavy atom. The van der Waals surface area contributed by atoms with Crippen molar-refractivity contribution in [3.05, 3.63) is 0 Å². The Morgan fingerprint density at radius 1 is 1.67 bits per heavy atom. The normalized spacial score (nSPS) is 21.8. The Balaban J connectivity index is 1.84. The Hall–Kier alpha value is -0.790. The molecule has 7 heteroatoms. The molecule has 1 unspecified atom stereocenters. The number of nitrogens with zero attached hydrogens (tertiary/aromatic N) is 3. The van der Waals surface area contributed by atoms with Crippen LogP contribution >= 0.6 is 11.8 Å². The third kappa shape index (κ3) is 2.61. The largest absolute Gasteiger partial charge is 0.375 e. The summed E-state index contributed by atoms with van der Waals surface area (Å²) in [6.07, 6.45) is 0.252. The van der Waals surface area contributed by atoms with E-state index in [1.165, 1.54) is 0 Å². The molecule has 1 aliphatic rings. The fourth-order valence-corrected chi connectivity index (χ4v) is 2.28. The van der Waals surface area contributed by atoms with Gasteiger partial charge in [0.25, 0.3) is 0 Å². The van der Waals surface area contributed by atoms with Crippen LogP contribution in [-0.2, 0) is 11.8 Å². The maximum absolute atomic E-state index is 5.58. The number of aromatic nitrogens is 3. The van der Waals surface area contributed by atoms with Crippen LogP contribution in [0.5, 0.6) is 0 Å². The molecule has 1 fully saturated rings. The molecule has 2 heterocycles. The van der Waals surface area contributed by atoms with Crippen LogP contribution in [0, 0.1) is 0 Å². The third-order valence-electron chi connectivity index (χ3n) is 2.27. The van der Waals surface area contributed by atoms with Gasteiger partial charge in [-0.2, -0.15) is 0 Å². The SMILES string of the molecule is Cn1c(N)nnc1SCC1CNCCO1. The van der Waals surface area contributed by atoms with Crippen LogP contribution < -0.4 is 11.1 Å². The molecule has 2 rings (SSSR count). The molecule has 84 valence electrons.